The molecular weight excluding hydrogens is 336 g/mol. The molecule has 1 aliphatic heterocycles. The van der Waals surface area contributed by atoms with E-state index in [0.29, 0.717) is 30.2 Å². The van der Waals surface area contributed by atoms with E-state index < -0.39 is 0 Å². The maximum Gasteiger partial charge on any atom is 0.319 e. The van der Waals surface area contributed by atoms with E-state index in [0.717, 1.165) is 17.1 Å². The lowest BCUT2D eigenvalue weighted by Gasteiger charge is -2.26. The summed E-state index contributed by atoms with van der Waals surface area (Å²) in [5, 5.41) is 5.72. The van der Waals surface area contributed by atoms with Crippen molar-refractivity contribution in [3.8, 4) is 23.0 Å². The third kappa shape index (κ3) is 3.93. The molecule has 0 aliphatic carbocycles. The topological polar surface area (TPSA) is 78.1 Å². The van der Waals surface area contributed by atoms with Gasteiger partial charge < -0.3 is 29.6 Å². The van der Waals surface area contributed by atoms with Gasteiger partial charge in [0.05, 0.1) is 27.4 Å². The molecule has 0 bridgehead atoms. The first kappa shape index (κ1) is 17.7. The Labute approximate surface area is 152 Å². The Hall–Kier alpha value is -3.09. The molecule has 2 aromatic rings. The van der Waals surface area contributed by atoms with Gasteiger partial charge in [0.15, 0.2) is 11.5 Å². The third-order valence-electron chi connectivity index (χ3n) is 4.15. The van der Waals surface area contributed by atoms with Crippen molar-refractivity contribution in [2.45, 2.75) is 12.5 Å². The fourth-order valence-corrected chi connectivity index (χ4v) is 2.86. The molecule has 7 heteroatoms. The average Bonchev–Trinajstić information content (AvgIpc) is 2.67. The number of urea groups is 1. The predicted molar refractivity (Wildman–Crippen MR) is 97.7 cm³/mol. The van der Waals surface area contributed by atoms with Crippen LogP contribution in [-0.4, -0.2) is 40.0 Å². The smallest absolute Gasteiger partial charge is 0.319 e. The number of ether oxygens (including phenoxy) is 4. The summed E-state index contributed by atoms with van der Waals surface area (Å²) in [6.45, 7) is 0.415. The molecule has 1 heterocycles. The van der Waals surface area contributed by atoms with Gasteiger partial charge >= 0.3 is 6.03 Å². The van der Waals surface area contributed by atoms with Crippen molar-refractivity contribution < 1.29 is 23.7 Å². The highest BCUT2D eigenvalue weighted by atomic mass is 16.5. The molecular formula is C19H22N2O5. The summed E-state index contributed by atoms with van der Waals surface area (Å²) in [4.78, 5) is 12.3. The highest BCUT2D eigenvalue weighted by molar-refractivity contribution is 5.90. The Morgan fingerprint density at radius 2 is 1.85 bits per heavy atom. The Bertz CT molecular complexity index is 793. The summed E-state index contributed by atoms with van der Waals surface area (Å²) >= 11 is 0. The summed E-state index contributed by atoms with van der Waals surface area (Å²) in [5.41, 5.74) is 1.62. The number of carbonyl (C=O) groups excluding carboxylic acids is 1. The van der Waals surface area contributed by atoms with Crippen LogP contribution >= 0.6 is 0 Å². The number of nitrogens with one attached hydrogen (secondary N) is 2. The van der Waals surface area contributed by atoms with Crippen molar-refractivity contribution in [2.24, 2.45) is 0 Å². The highest BCUT2D eigenvalue weighted by Crippen LogP contribution is 2.30. The summed E-state index contributed by atoms with van der Waals surface area (Å²) in [6, 6.07) is 10.4. The molecule has 2 N–H and O–H groups in total. The second-order valence-corrected chi connectivity index (χ2v) is 5.85. The zero-order valence-electron chi connectivity index (χ0n) is 15.0. The summed E-state index contributed by atoms with van der Waals surface area (Å²) in [5.74, 6) is 2.74. The SMILES string of the molecule is COc1ccc2c(c1)C[C@H](NC(=O)Nc1ccc(OC)c(OC)c1)CO2. The van der Waals surface area contributed by atoms with Gasteiger partial charge in [0, 0.05) is 11.8 Å². The van der Waals surface area contributed by atoms with Crippen molar-refractivity contribution >= 4 is 11.7 Å². The van der Waals surface area contributed by atoms with Crippen LogP contribution in [0.4, 0.5) is 10.5 Å². The lowest BCUT2D eigenvalue weighted by atomic mass is 10.0. The van der Waals surface area contributed by atoms with Crippen molar-refractivity contribution in [3.05, 3.63) is 42.0 Å². The third-order valence-corrected chi connectivity index (χ3v) is 4.15. The van der Waals surface area contributed by atoms with Gasteiger partial charge in [0.25, 0.3) is 0 Å². The Morgan fingerprint density at radius 3 is 2.58 bits per heavy atom. The molecule has 2 aromatic carbocycles. The van der Waals surface area contributed by atoms with E-state index in [1.807, 2.05) is 18.2 Å². The molecule has 0 fully saturated rings. The molecule has 2 amide bonds. The molecule has 0 spiro atoms. The standard InChI is InChI=1S/C19H22N2O5/c1-23-15-5-7-16-12(9-15)8-14(11-26-16)21-19(22)20-13-4-6-17(24-2)18(10-13)25-3/h4-7,9-10,14H,8,11H2,1-3H3,(H2,20,21,22)/t14-/m0/s1. The number of benzene rings is 2. The molecule has 1 aliphatic rings. The lowest BCUT2D eigenvalue weighted by Crippen LogP contribution is -2.44. The first-order valence-electron chi connectivity index (χ1n) is 8.22. The van der Waals surface area contributed by atoms with E-state index in [9.17, 15) is 4.79 Å². The maximum atomic E-state index is 12.3. The monoisotopic (exact) mass is 358 g/mol. The van der Waals surface area contributed by atoms with Crippen molar-refractivity contribution in [3.63, 3.8) is 0 Å². The molecule has 1 atom stereocenters. The van der Waals surface area contributed by atoms with Gasteiger partial charge in [-0.1, -0.05) is 0 Å². The zero-order chi connectivity index (χ0) is 18.5. The summed E-state index contributed by atoms with van der Waals surface area (Å²) in [7, 11) is 4.73. The minimum absolute atomic E-state index is 0.130. The maximum absolute atomic E-state index is 12.3. The number of methoxy groups -OCH3 is 3. The van der Waals surface area contributed by atoms with Crippen LogP contribution in [0.5, 0.6) is 23.0 Å². The molecule has 3 rings (SSSR count). The number of amides is 2. The van der Waals surface area contributed by atoms with Gasteiger partial charge in [-0.15, -0.1) is 0 Å². The van der Waals surface area contributed by atoms with Gasteiger partial charge in [-0.25, -0.2) is 4.79 Å². The van der Waals surface area contributed by atoms with E-state index in [2.05, 4.69) is 10.6 Å². The van der Waals surface area contributed by atoms with E-state index in [4.69, 9.17) is 18.9 Å². The molecule has 0 saturated carbocycles. The minimum Gasteiger partial charge on any atom is -0.497 e. The molecule has 0 saturated heterocycles. The van der Waals surface area contributed by atoms with Crippen LogP contribution in [0.25, 0.3) is 0 Å². The predicted octanol–water partition coefficient (Wildman–Crippen LogP) is 2.84. The Balaban J connectivity index is 1.62. The van der Waals surface area contributed by atoms with E-state index in [-0.39, 0.29) is 12.1 Å². The quantitative estimate of drug-likeness (QED) is 0.859. The molecule has 0 aromatic heterocycles. The number of hydrogen-bond donors (Lipinski definition) is 2. The van der Waals surface area contributed by atoms with Crippen LogP contribution in [0.3, 0.4) is 0 Å². The van der Waals surface area contributed by atoms with Crippen molar-refractivity contribution in [1.82, 2.24) is 5.32 Å². The lowest BCUT2D eigenvalue weighted by molar-refractivity contribution is 0.222. The van der Waals surface area contributed by atoms with Crippen molar-refractivity contribution in [2.75, 3.05) is 33.3 Å². The molecule has 138 valence electrons. The Morgan fingerprint density at radius 1 is 1.04 bits per heavy atom. The van der Waals surface area contributed by atoms with Gasteiger partial charge in [-0.2, -0.15) is 0 Å². The Kier molecular flexibility index (Phi) is 5.36. The fourth-order valence-electron chi connectivity index (χ4n) is 2.86. The van der Waals surface area contributed by atoms with Crippen LogP contribution in [0, 0.1) is 0 Å². The summed E-state index contributed by atoms with van der Waals surface area (Å²) < 4.78 is 21.4. The number of carbonyl (C=O) groups is 1. The number of rotatable bonds is 5. The molecule has 7 nitrogen and oxygen atoms in total. The van der Waals surface area contributed by atoms with Gasteiger partial charge in [-0.05, 0) is 42.3 Å². The van der Waals surface area contributed by atoms with E-state index in [1.54, 1.807) is 39.5 Å². The fraction of sp³-hybridized carbons (Fsp3) is 0.316. The number of hydrogen-bond acceptors (Lipinski definition) is 5. The second kappa shape index (κ2) is 7.86. The van der Waals surface area contributed by atoms with Crippen LogP contribution in [0.15, 0.2) is 36.4 Å². The number of fused-ring (bicyclic) bond motifs is 1. The first-order valence-corrected chi connectivity index (χ1v) is 8.22. The van der Waals surface area contributed by atoms with Crippen LogP contribution in [0.1, 0.15) is 5.56 Å². The molecule has 0 unspecified atom stereocenters. The molecule has 26 heavy (non-hydrogen) atoms. The van der Waals surface area contributed by atoms with Crippen LogP contribution in [-0.2, 0) is 6.42 Å². The van der Waals surface area contributed by atoms with Gasteiger partial charge in [0.1, 0.15) is 18.1 Å². The van der Waals surface area contributed by atoms with E-state index in [1.165, 1.54) is 0 Å². The van der Waals surface area contributed by atoms with Gasteiger partial charge in [-0.3, -0.25) is 0 Å². The minimum atomic E-state index is -0.308. The second-order valence-electron chi connectivity index (χ2n) is 5.85. The zero-order valence-corrected chi connectivity index (χ0v) is 15.0. The highest BCUT2D eigenvalue weighted by Gasteiger charge is 2.22. The molecule has 0 radical (unpaired) electrons. The largest absolute Gasteiger partial charge is 0.497 e. The van der Waals surface area contributed by atoms with E-state index >= 15 is 0 Å². The van der Waals surface area contributed by atoms with Gasteiger partial charge in [0.2, 0.25) is 0 Å². The normalized spacial score (nSPS) is 15.3. The van der Waals surface area contributed by atoms with Crippen LogP contribution < -0.4 is 29.6 Å². The first-order chi connectivity index (χ1) is 12.6. The number of anilines is 1. The van der Waals surface area contributed by atoms with Crippen molar-refractivity contribution in [1.29, 1.82) is 0 Å². The van der Waals surface area contributed by atoms with Crippen LogP contribution in [0.2, 0.25) is 0 Å². The average molecular weight is 358 g/mol. The summed E-state index contributed by atoms with van der Waals surface area (Å²) in [6.07, 6.45) is 0.673.